The second-order valence-corrected chi connectivity index (χ2v) is 16.9. The summed E-state index contributed by atoms with van der Waals surface area (Å²) >= 11 is 3.23. The molecule has 0 aliphatic heterocycles. The third kappa shape index (κ3) is 17.1. The third-order valence-corrected chi connectivity index (χ3v) is 11.8. The fourth-order valence-corrected chi connectivity index (χ4v) is 7.44. The van der Waals surface area contributed by atoms with Crippen molar-refractivity contribution in [1.29, 1.82) is 0 Å². The van der Waals surface area contributed by atoms with Gasteiger partial charge >= 0.3 is 103 Å². The molecule has 0 unspecified atom stereocenters. The quantitative estimate of drug-likeness (QED) is 0.0284. The van der Waals surface area contributed by atoms with E-state index >= 15 is 0 Å². The maximum Gasteiger partial charge on any atom is 1.00 e. The van der Waals surface area contributed by atoms with E-state index in [1.54, 1.807) is 48.5 Å². The largest absolute Gasteiger partial charge is 1.00 e. The van der Waals surface area contributed by atoms with Crippen LogP contribution in [-0.4, -0.2) is 28.4 Å². The van der Waals surface area contributed by atoms with Gasteiger partial charge in [-0.25, -0.2) is 16.8 Å². The van der Waals surface area contributed by atoms with Crippen molar-refractivity contribution >= 4 is 64.4 Å². The number of aromatic hydroxyl groups is 1. The zero-order valence-electron chi connectivity index (χ0n) is 37.2. The molecule has 0 saturated heterocycles. The van der Waals surface area contributed by atoms with Crippen LogP contribution in [0.5, 0.6) is 11.5 Å². The second kappa shape index (κ2) is 28.6. The predicted molar refractivity (Wildman–Crippen MR) is 248 cm³/mol. The molecular weight excluding hydrogens is 1050 g/mol. The van der Waals surface area contributed by atoms with Crippen molar-refractivity contribution < 1.29 is 155 Å². The van der Waals surface area contributed by atoms with Crippen LogP contribution in [-0.2, 0) is 41.7 Å². The maximum atomic E-state index is 12.4. The SMILES string of the molecule is O=CO[O-].O=c1cc(-c2ccccc2)oc2cc(O)ccc12.[H-].[K+].[K+].[N-]=[N+]=NS(=O)(=O)c1ccc(CBr)cc1.[N-]=[N+]=NS(=O)(=O)c1ccc(COc2ccc3c(=O)cc(-c4ccccc4)oc3c2)cc1. The zero-order valence-corrected chi connectivity index (χ0v) is 45.7. The first-order valence-corrected chi connectivity index (χ1v) is 22.9. The molecule has 2 heterocycles. The van der Waals surface area contributed by atoms with Gasteiger partial charge in [-0.15, -0.1) is 0 Å². The van der Waals surface area contributed by atoms with Gasteiger partial charge in [0.25, 0.3) is 26.5 Å². The number of azide groups is 2. The molecule has 0 saturated carbocycles. The molecule has 0 atom stereocenters. The van der Waals surface area contributed by atoms with Gasteiger partial charge < -0.3 is 30.2 Å². The van der Waals surface area contributed by atoms with Crippen LogP contribution in [0.2, 0.25) is 0 Å². The van der Waals surface area contributed by atoms with Crippen LogP contribution < -0.4 is 124 Å². The Morgan fingerprint density at radius 1 is 0.638 bits per heavy atom. The van der Waals surface area contributed by atoms with Crippen LogP contribution in [0.25, 0.3) is 65.5 Å². The molecule has 0 aliphatic carbocycles. The van der Waals surface area contributed by atoms with Crippen molar-refractivity contribution in [2.75, 3.05) is 0 Å². The summed E-state index contributed by atoms with van der Waals surface area (Å²) in [5, 5.41) is 19.4. The van der Waals surface area contributed by atoms with Gasteiger partial charge in [0, 0.05) is 59.6 Å². The Bertz CT molecular complexity index is 3460. The smallest absolute Gasteiger partial charge is 1.00 e. The van der Waals surface area contributed by atoms with E-state index in [0.29, 0.717) is 50.1 Å². The molecule has 8 rings (SSSR count). The summed E-state index contributed by atoms with van der Waals surface area (Å²) in [5.74, 6) is 1.54. The summed E-state index contributed by atoms with van der Waals surface area (Å²) < 4.78 is 68.7. The van der Waals surface area contributed by atoms with E-state index in [2.05, 4.69) is 39.7 Å². The predicted octanol–water partition coefficient (Wildman–Crippen LogP) is 3.34. The van der Waals surface area contributed by atoms with Gasteiger partial charge in [0.05, 0.1) is 20.6 Å². The molecule has 0 spiro atoms. The summed E-state index contributed by atoms with van der Waals surface area (Å²) in [6, 6.07) is 43.0. The molecule has 0 amide bonds. The first kappa shape index (κ1) is 58.4. The minimum absolute atomic E-state index is 0. The number of phenols is 1. The number of hydrogen-bond donors (Lipinski definition) is 1. The molecule has 0 radical (unpaired) electrons. The molecule has 24 heteroatoms. The summed E-state index contributed by atoms with van der Waals surface area (Å²) in [4.78, 5) is 40.1. The van der Waals surface area contributed by atoms with Crippen molar-refractivity contribution in [3.8, 4) is 34.1 Å². The normalized spacial score (nSPS) is 10.2. The summed E-state index contributed by atoms with van der Waals surface area (Å²) in [6.07, 6.45) is 0. The molecule has 2 aromatic heterocycles. The molecule has 69 heavy (non-hydrogen) atoms. The van der Waals surface area contributed by atoms with E-state index in [4.69, 9.17) is 34.7 Å². The fourth-order valence-electron chi connectivity index (χ4n) is 5.72. The Morgan fingerprint density at radius 3 is 1.48 bits per heavy atom. The number of hydrogen-bond acceptors (Lipinski definition) is 13. The van der Waals surface area contributed by atoms with Crippen molar-refractivity contribution in [2.45, 2.75) is 21.7 Å². The number of phenolic OH excluding ortho intramolecular Hbond substituents is 1. The molecule has 8 aromatic rings. The number of ether oxygens (including phenoxy) is 1. The number of sulfonamides is 2. The number of rotatable bonds is 11. The van der Waals surface area contributed by atoms with Crippen molar-refractivity contribution in [2.24, 2.45) is 9.04 Å². The minimum Gasteiger partial charge on any atom is -1.00 e. The average Bonchev–Trinajstić information content (AvgIpc) is 3.34. The van der Waals surface area contributed by atoms with Crippen molar-refractivity contribution in [3.63, 3.8) is 0 Å². The fraction of sp³-hybridized carbons (Fsp3) is 0.0444. The van der Waals surface area contributed by atoms with Gasteiger partial charge in [-0.05, 0) is 70.7 Å². The second-order valence-electron chi connectivity index (χ2n) is 13.2. The number of carbonyl (C=O) groups excluding carboxylic acids is 1. The van der Waals surface area contributed by atoms with Gasteiger partial charge in [0.1, 0.15) is 40.8 Å². The van der Waals surface area contributed by atoms with Gasteiger partial charge in [-0.2, -0.15) is 0 Å². The van der Waals surface area contributed by atoms with E-state index in [1.807, 2.05) is 60.7 Å². The van der Waals surface area contributed by atoms with Crippen LogP contribution >= 0.6 is 15.9 Å². The Balaban J connectivity index is 0.000000367. The van der Waals surface area contributed by atoms with E-state index < -0.39 is 20.0 Å². The molecule has 1 N–H and O–H groups in total. The Kier molecular flexibility index (Phi) is 24.2. The zero-order chi connectivity index (χ0) is 48.4. The number of benzene rings is 6. The Hall–Kier alpha value is -4.96. The number of nitrogens with zero attached hydrogens (tertiary/aromatic N) is 6. The maximum absolute atomic E-state index is 12.4. The van der Waals surface area contributed by atoms with Crippen LogP contribution in [0.4, 0.5) is 0 Å². The van der Waals surface area contributed by atoms with E-state index in [0.717, 1.165) is 16.7 Å². The van der Waals surface area contributed by atoms with E-state index in [9.17, 15) is 31.5 Å². The van der Waals surface area contributed by atoms with Crippen molar-refractivity contribution in [1.82, 2.24) is 0 Å². The van der Waals surface area contributed by atoms with Crippen LogP contribution in [0.1, 0.15) is 12.6 Å². The number of halogens is 1. The van der Waals surface area contributed by atoms with Gasteiger partial charge in [-0.1, -0.05) is 101 Å². The molecular formula is C45H33BrK2N6O13S2. The molecule has 0 fully saturated rings. The summed E-state index contributed by atoms with van der Waals surface area (Å²) in [6.45, 7) is -0.0179. The molecule has 6 aromatic carbocycles. The summed E-state index contributed by atoms with van der Waals surface area (Å²) in [5.41, 5.74) is 20.2. The Labute approximate surface area is 487 Å². The first-order chi connectivity index (χ1) is 32.2. The third-order valence-electron chi connectivity index (χ3n) is 8.86. The number of carbonyl (C=O) groups is 1. The average molecular weight is 1090 g/mol. The van der Waals surface area contributed by atoms with Gasteiger partial charge in [0.2, 0.25) is 0 Å². The number of alkyl halides is 1. The standard InChI is InChI=1S/C22H15N3O5S.C15H10O3.C7H6BrN3O2S.CH2O3.2K.H/c23-24-25-31(27,28)18-9-6-15(7-10-18)14-29-17-8-11-19-20(26)13-21(30-22(19)12-17)16-4-2-1-3-5-16;16-11-6-7-12-13(17)9-14(18-15(12)8-11)10-4-2-1-3-5-10;8-5-6-1-3-7(4-2-6)14(12,13)11-10-9;2-1-4-3;;;/h1-13H,14H2;1-9,16H;1-4H,5H2;1,3H;;;/q;;;;2*+1;-1/p-1. The van der Waals surface area contributed by atoms with Gasteiger partial charge in [0.15, 0.2) is 10.9 Å². The van der Waals surface area contributed by atoms with Crippen LogP contribution in [0.15, 0.2) is 195 Å². The van der Waals surface area contributed by atoms with Crippen LogP contribution in [0.3, 0.4) is 0 Å². The molecule has 19 nitrogen and oxygen atoms in total. The molecule has 0 aliphatic rings. The summed E-state index contributed by atoms with van der Waals surface area (Å²) in [7, 11) is -7.87. The van der Waals surface area contributed by atoms with Gasteiger partial charge in [-0.3, -0.25) is 14.4 Å². The van der Waals surface area contributed by atoms with E-state index in [-0.39, 0.29) is 144 Å². The molecule has 342 valence electrons. The van der Waals surface area contributed by atoms with E-state index in [1.165, 1.54) is 48.5 Å². The number of fused-ring (bicyclic) bond motifs is 2. The topological polar surface area (TPSA) is 305 Å². The van der Waals surface area contributed by atoms with Crippen LogP contribution in [0, 0.1) is 0 Å². The monoisotopic (exact) mass is 1090 g/mol. The first-order valence-electron chi connectivity index (χ1n) is 18.9. The van der Waals surface area contributed by atoms with Crippen molar-refractivity contribution in [3.05, 3.63) is 210 Å². The minimum atomic E-state index is -4.02. The molecule has 0 bridgehead atoms. The Morgan fingerprint density at radius 2 is 1.06 bits per heavy atom.